The summed E-state index contributed by atoms with van der Waals surface area (Å²) in [5.41, 5.74) is 2.00. The minimum Gasteiger partial charge on any atom is -0.493 e. The molecule has 4 rings (SSSR count). The number of fused-ring (bicyclic) bond motifs is 1. The summed E-state index contributed by atoms with van der Waals surface area (Å²) in [6.07, 6.45) is 4.45. The Hall–Kier alpha value is -4.34. The molecule has 3 heterocycles. The maximum atomic E-state index is 11.7. The predicted octanol–water partition coefficient (Wildman–Crippen LogP) is 3.59. The van der Waals surface area contributed by atoms with E-state index in [0.717, 1.165) is 5.56 Å². The second kappa shape index (κ2) is 9.86. The third kappa shape index (κ3) is 4.95. The third-order valence-electron chi connectivity index (χ3n) is 4.66. The van der Waals surface area contributed by atoms with Gasteiger partial charge in [-0.25, -0.2) is 14.8 Å². The zero-order valence-electron chi connectivity index (χ0n) is 18.4. The second-order valence-corrected chi connectivity index (χ2v) is 6.82. The molecular formula is C23H23N5O5. The van der Waals surface area contributed by atoms with E-state index in [-0.39, 0.29) is 0 Å². The van der Waals surface area contributed by atoms with Gasteiger partial charge in [0.15, 0.2) is 22.9 Å². The molecule has 0 fully saturated rings. The van der Waals surface area contributed by atoms with Gasteiger partial charge in [0.25, 0.3) is 0 Å². The van der Waals surface area contributed by atoms with Crippen molar-refractivity contribution >= 4 is 23.6 Å². The average molecular weight is 449 g/mol. The van der Waals surface area contributed by atoms with Crippen molar-refractivity contribution in [3.63, 3.8) is 0 Å². The lowest BCUT2D eigenvalue weighted by Crippen LogP contribution is -2.09. The predicted molar refractivity (Wildman–Crippen MR) is 121 cm³/mol. The van der Waals surface area contributed by atoms with E-state index in [4.69, 9.17) is 18.6 Å². The van der Waals surface area contributed by atoms with Crippen LogP contribution >= 0.6 is 0 Å². The lowest BCUT2D eigenvalue weighted by Gasteiger charge is -2.11. The smallest absolute Gasteiger partial charge is 0.330 e. The molecule has 0 unspecified atom stereocenters. The Morgan fingerprint density at radius 2 is 2.00 bits per heavy atom. The van der Waals surface area contributed by atoms with Crippen molar-refractivity contribution in [2.75, 3.05) is 26.1 Å². The normalized spacial score (nSPS) is 11.1. The quantitative estimate of drug-likeness (QED) is 0.302. The van der Waals surface area contributed by atoms with Crippen LogP contribution < -0.4 is 14.8 Å². The van der Waals surface area contributed by atoms with E-state index in [9.17, 15) is 4.79 Å². The van der Waals surface area contributed by atoms with E-state index < -0.39 is 5.97 Å². The standard InChI is InChI=1S/C23H23N5O5/c1-4-32-21(29)10-8-16-13-20-26-22(18-6-5-11-33-18)27-28(20)23(25-16)24-14-15-7-9-17(30-2)19(12-15)31-3/h5-13H,4,14H2,1-3H3,(H,24,25)/b10-8+. The fourth-order valence-electron chi connectivity index (χ4n) is 3.13. The number of nitrogens with one attached hydrogen (secondary N) is 1. The molecule has 0 aliphatic carbocycles. The number of nitrogens with zero attached hydrogens (tertiary/aromatic N) is 4. The summed E-state index contributed by atoms with van der Waals surface area (Å²) < 4.78 is 22.6. The number of rotatable bonds is 9. The number of furan rings is 1. The zero-order chi connectivity index (χ0) is 23.2. The van der Waals surface area contributed by atoms with Gasteiger partial charge in [0.05, 0.1) is 32.8 Å². The Labute approximate surface area is 189 Å². The number of methoxy groups -OCH3 is 2. The van der Waals surface area contributed by atoms with E-state index in [0.29, 0.717) is 53.5 Å². The number of benzene rings is 1. The highest BCUT2D eigenvalue weighted by Gasteiger charge is 2.14. The minimum atomic E-state index is -0.447. The Bertz CT molecular complexity index is 1280. The van der Waals surface area contributed by atoms with Crippen LogP contribution in [-0.2, 0) is 16.1 Å². The van der Waals surface area contributed by atoms with Crippen LogP contribution in [0.15, 0.2) is 53.2 Å². The van der Waals surface area contributed by atoms with Gasteiger partial charge < -0.3 is 23.9 Å². The molecule has 0 aliphatic rings. The summed E-state index contributed by atoms with van der Waals surface area (Å²) in [4.78, 5) is 20.9. The van der Waals surface area contributed by atoms with Crippen LogP contribution in [0.5, 0.6) is 11.5 Å². The number of carbonyl (C=O) groups is 1. The first-order valence-electron chi connectivity index (χ1n) is 10.2. The number of anilines is 1. The highest BCUT2D eigenvalue weighted by molar-refractivity contribution is 5.87. The number of hydrogen-bond acceptors (Lipinski definition) is 9. The summed E-state index contributed by atoms with van der Waals surface area (Å²) in [5.74, 6) is 2.22. The molecule has 0 saturated heterocycles. The zero-order valence-corrected chi connectivity index (χ0v) is 18.4. The van der Waals surface area contributed by atoms with Crippen LogP contribution in [0.3, 0.4) is 0 Å². The summed E-state index contributed by atoms with van der Waals surface area (Å²) in [7, 11) is 3.18. The van der Waals surface area contributed by atoms with Crippen LogP contribution in [0.25, 0.3) is 23.3 Å². The SMILES string of the molecule is CCOC(=O)/C=C/c1cc2nc(-c3ccco3)nn2c(NCc2ccc(OC)c(OC)c2)n1. The number of ether oxygens (including phenoxy) is 3. The lowest BCUT2D eigenvalue weighted by molar-refractivity contribution is -0.137. The Balaban J connectivity index is 1.67. The number of esters is 1. The second-order valence-electron chi connectivity index (χ2n) is 6.82. The van der Waals surface area contributed by atoms with E-state index in [1.54, 1.807) is 56.2 Å². The van der Waals surface area contributed by atoms with Gasteiger partial charge in [0.2, 0.25) is 11.8 Å². The monoisotopic (exact) mass is 449 g/mol. The van der Waals surface area contributed by atoms with E-state index in [1.165, 1.54) is 6.08 Å². The third-order valence-corrected chi connectivity index (χ3v) is 4.66. The molecule has 33 heavy (non-hydrogen) atoms. The van der Waals surface area contributed by atoms with Gasteiger partial charge >= 0.3 is 5.97 Å². The maximum absolute atomic E-state index is 11.7. The molecule has 0 aliphatic heterocycles. The Kier molecular flexibility index (Phi) is 6.53. The van der Waals surface area contributed by atoms with Crippen molar-refractivity contribution in [3.05, 3.63) is 60.0 Å². The highest BCUT2D eigenvalue weighted by Crippen LogP contribution is 2.28. The van der Waals surface area contributed by atoms with Gasteiger partial charge in [-0.1, -0.05) is 6.07 Å². The number of carbonyl (C=O) groups excluding carboxylic acids is 1. The molecule has 0 saturated carbocycles. The molecule has 170 valence electrons. The molecule has 0 spiro atoms. The highest BCUT2D eigenvalue weighted by atomic mass is 16.5. The first-order valence-corrected chi connectivity index (χ1v) is 10.2. The molecular weight excluding hydrogens is 426 g/mol. The fourth-order valence-corrected chi connectivity index (χ4v) is 3.13. The van der Waals surface area contributed by atoms with Gasteiger partial charge in [-0.05, 0) is 42.8 Å². The summed E-state index contributed by atoms with van der Waals surface area (Å²) in [6.45, 7) is 2.48. The topological polar surface area (TPSA) is 113 Å². The van der Waals surface area contributed by atoms with Gasteiger partial charge in [0, 0.05) is 18.7 Å². The van der Waals surface area contributed by atoms with Gasteiger partial charge in [-0.15, -0.1) is 5.10 Å². The van der Waals surface area contributed by atoms with Gasteiger partial charge in [-0.2, -0.15) is 4.52 Å². The number of hydrogen-bond donors (Lipinski definition) is 1. The molecule has 0 amide bonds. The van der Waals surface area contributed by atoms with Crippen molar-refractivity contribution in [1.82, 2.24) is 19.6 Å². The first kappa shape index (κ1) is 21.9. The van der Waals surface area contributed by atoms with E-state index >= 15 is 0 Å². The molecule has 1 aromatic carbocycles. The van der Waals surface area contributed by atoms with Gasteiger partial charge in [0.1, 0.15) is 0 Å². The molecule has 3 aromatic heterocycles. The van der Waals surface area contributed by atoms with Crippen LogP contribution in [-0.4, -0.2) is 46.4 Å². The van der Waals surface area contributed by atoms with Crippen LogP contribution in [0, 0.1) is 0 Å². The van der Waals surface area contributed by atoms with E-state index in [1.807, 2.05) is 18.2 Å². The molecule has 0 bridgehead atoms. The molecule has 10 nitrogen and oxygen atoms in total. The van der Waals surface area contributed by atoms with Crippen molar-refractivity contribution in [2.24, 2.45) is 0 Å². The minimum absolute atomic E-state index is 0.296. The van der Waals surface area contributed by atoms with Crippen LogP contribution in [0.4, 0.5) is 5.95 Å². The molecule has 0 atom stereocenters. The Morgan fingerprint density at radius 1 is 1.15 bits per heavy atom. The number of aromatic nitrogens is 4. The Morgan fingerprint density at radius 3 is 2.73 bits per heavy atom. The summed E-state index contributed by atoms with van der Waals surface area (Å²) >= 11 is 0. The molecule has 0 radical (unpaired) electrons. The van der Waals surface area contributed by atoms with Crippen molar-refractivity contribution in [3.8, 4) is 23.1 Å². The van der Waals surface area contributed by atoms with Crippen molar-refractivity contribution in [2.45, 2.75) is 13.5 Å². The summed E-state index contributed by atoms with van der Waals surface area (Å²) in [5, 5.41) is 7.80. The molecule has 4 aromatic rings. The van der Waals surface area contributed by atoms with Crippen molar-refractivity contribution in [1.29, 1.82) is 0 Å². The molecule has 1 N–H and O–H groups in total. The average Bonchev–Trinajstić information content (AvgIpc) is 3.51. The van der Waals surface area contributed by atoms with Crippen molar-refractivity contribution < 1.29 is 23.4 Å². The fraction of sp³-hybridized carbons (Fsp3) is 0.217. The molecule has 10 heteroatoms. The summed E-state index contributed by atoms with van der Waals surface area (Å²) in [6, 6.07) is 10.9. The van der Waals surface area contributed by atoms with Crippen LogP contribution in [0.1, 0.15) is 18.2 Å². The maximum Gasteiger partial charge on any atom is 0.330 e. The largest absolute Gasteiger partial charge is 0.493 e. The first-order chi connectivity index (χ1) is 16.1. The van der Waals surface area contributed by atoms with Crippen LogP contribution in [0.2, 0.25) is 0 Å². The lowest BCUT2D eigenvalue weighted by atomic mass is 10.2. The van der Waals surface area contributed by atoms with Gasteiger partial charge in [-0.3, -0.25) is 0 Å². The van der Waals surface area contributed by atoms with E-state index in [2.05, 4.69) is 20.4 Å².